The lowest BCUT2D eigenvalue weighted by molar-refractivity contribution is -0.183. The zero-order valence-electron chi connectivity index (χ0n) is 17.4. The van der Waals surface area contributed by atoms with Gasteiger partial charge in [-0.15, -0.1) is 0 Å². The third-order valence-electron chi connectivity index (χ3n) is 6.02. The van der Waals surface area contributed by atoms with Crippen LogP contribution in [0.1, 0.15) is 33.5 Å². The van der Waals surface area contributed by atoms with E-state index in [1.807, 2.05) is 0 Å². The number of aryl methyl sites for hydroxylation is 1. The molecule has 1 atom stereocenters. The number of halogens is 5. The first-order chi connectivity index (χ1) is 15.5. The molecule has 10 heteroatoms. The van der Waals surface area contributed by atoms with E-state index in [0.717, 1.165) is 0 Å². The Balaban J connectivity index is 1.58. The van der Waals surface area contributed by atoms with Crippen molar-refractivity contribution in [3.63, 3.8) is 0 Å². The molecule has 0 radical (unpaired) electrons. The van der Waals surface area contributed by atoms with Crippen LogP contribution >= 0.6 is 35.0 Å². The van der Waals surface area contributed by atoms with Gasteiger partial charge in [-0.25, -0.2) is 0 Å². The van der Waals surface area contributed by atoms with Crippen LogP contribution in [0.5, 0.6) is 0 Å². The van der Waals surface area contributed by atoms with Crippen LogP contribution in [0.4, 0.5) is 13.2 Å². The van der Waals surface area contributed by atoms with Gasteiger partial charge in [0.25, 0.3) is 5.91 Å². The number of carbonyl (C=O) groups is 2. The first kappa shape index (κ1) is 24.1. The largest absolute Gasteiger partial charge is 0.400 e. The van der Waals surface area contributed by atoms with Gasteiger partial charge in [0.2, 0.25) is 5.91 Å². The summed E-state index contributed by atoms with van der Waals surface area (Å²) >= 11 is 13.6. The third kappa shape index (κ3) is 4.66. The Kier molecular flexibility index (Phi) is 6.55. The predicted molar refractivity (Wildman–Crippen MR) is 125 cm³/mol. The van der Waals surface area contributed by atoms with Crippen molar-refractivity contribution < 1.29 is 22.8 Å². The monoisotopic (exact) mass is 514 g/mol. The van der Waals surface area contributed by atoms with E-state index in [9.17, 15) is 22.8 Å². The zero-order chi connectivity index (χ0) is 24.0. The molecule has 0 aliphatic carbocycles. The second-order valence-electron chi connectivity index (χ2n) is 8.26. The number of nitrogens with one attached hydrogen (secondary N) is 1. The van der Waals surface area contributed by atoms with Crippen LogP contribution in [0.2, 0.25) is 10.0 Å². The van der Waals surface area contributed by atoms with Crippen molar-refractivity contribution in [3.8, 4) is 0 Å². The summed E-state index contributed by atoms with van der Waals surface area (Å²) in [4.78, 5) is 28.8. The molecule has 0 saturated carbocycles. The molecule has 2 heterocycles. The molecule has 1 N–H and O–H groups in total. The van der Waals surface area contributed by atoms with E-state index >= 15 is 0 Å². The molecular formula is C23H19Cl2F3N2O2S. The fraction of sp³-hybridized carbons (Fsp3) is 0.348. The van der Waals surface area contributed by atoms with Crippen LogP contribution in [0.25, 0.3) is 0 Å². The highest BCUT2D eigenvalue weighted by molar-refractivity contribution is 8.00. The minimum atomic E-state index is -4.58. The summed E-state index contributed by atoms with van der Waals surface area (Å²) in [5.74, 6) is 0.387. The smallest absolute Gasteiger partial charge is 0.292 e. The summed E-state index contributed by atoms with van der Waals surface area (Å²) in [6, 6.07) is 8.62. The van der Waals surface area contributed by atoms with Gasteiger partial charge in [-0.2, -0.15) is 24.9 Å². The maximum absolute atomic E-state index is 14.3. The summed E-state index contributed by atoms with van der Waals surface area (Å²) in [5.41, 5.74) is -0.675. The van der Waals surface area contributed by atoms with E-state index in [0.29, 0.717) is 28.2 Å². The molecule has 2 aromatic carbocycles. The summed E-state index contributed by atoms with van der Waals surface area (Å²) in [7, 11) is 0. The van der Waals surface area contributed by atoms with Crippen LogP contribution in [0.15, 0.2) is 41.4 Å². The predicted octanol–water partition coefficient (Wildman–Crippen LogP) is 5.61. The molecule has 1 unspecified atom stereocenters. The quantitative estimate of drug-likeness (QED) is 0.539. The van der Waals surface area contributed by atoms with Crippen molar-refractivity contribution in [2.45, 2.75) is 24.9 Å². The van der Waals surface area contributed by atoms with Gasteiger partial charge in [0.05, 0.1) is 12.5 Å². The molecule has 4 rings (SSSR count). The van der Waals surface area contributed by atoms with Gasteiger partial charge >= 0.3 is 6.18 Å². The van der Waals surface area contributed by atoms with Crippen LogP contribution in [0.3, 0.4) is 0 Å². The Morgan fingerprint density at radius 1 is 1.12 bits per heavy atom. The minimum Gasteiger partial charge on any atom is -0.292 e. The van der Waals surface area contributed by atoms with Gasteiger partial charge in [-0.05, 0) is 53.9 Å². The van der Waals surface area contributed by atoms with E-state index in [1.165, 1.54) is 24.3 Å². The van der Waals surface area contributed by atoms with Crippen molar-refractivity contribution in [1.29, 1.82) is 0 Å². The van der Waals surface area contributed by atoms with Gasteiger partial charge in [-0.1, -0.05) is 29.3 Å². The molecule has 1 saturated heterocycles. The van der Waals surface area contributed by atoms with Crippen molar-refractivity contribution >= 4 is 52.5 Å². The number of imide groups is 1. The highest BCUT2D eigenvalue weighted by Gasteiger charge is 2.58. The number of alkyl halides is 3. The van der Waals surface area contributed by atoms with E-state index in [4.69, 9.17) is 23.2 Å². The van der Waals surface area contributed by atoms with Crippen LogP contribution < -0.4 is 5.32 Å². The highest BCUT2D eigenvalue weighted by atomic mass is 35.5. The molecule has 0 aromatic heterocycles. The molecular weight excluding hydrogens is 496 g/mol. The van der Waals surface area contributed by atoms with Gasteiger partial charge in [-0.3, -0.25) is 19.9 Å². The van der Waals surface area contributed by atoms with Crippen molar-refractivity contribution in [2.75, 3.05) is 18.1 Å². The molecule has 0 spiro atoms. The lowest BCUT2D eigenvalue weighted by Gasteiger charge is -2.31. The normalized spacial score (nSPS) is 20.8. The number of benzene rings is 2. The van der Waals surface area contributed by atoms with E-state index < -0.39 is 24.0 Å². The van der Waals surface area contributed by atoms with E-state index in [1.54, 1.807) is 30.8 Å². The molecule has 2 aromatic rings. The minimum absolute atomic E-state index is 0.0355. The Morgan fingerprint density at radius 2 is 1.79 bits per heavy atom. The standard InChI is InChI=1S/C23H19Cl2F3N2O2S/c1-12-4-13(2-3-18(12)21(32)30-20(31)14-9-33-10-14)19-8-22(11-29-19,23(26,27)28)15-5-16(24)7-17(25)6-15/h2-7,14H,8-11H2,1H3,(H,30,31,32). The van der Waals surface area contributed by atoms with Crippen LogP contribution in [-0.2, 0) is 10.2 Å². The topological polar surface area (TPSA) is 58.5 Å². The lowest BCUT2D eigenvalue weighted by Crippen LogP contribution is -2.43. The maximum Gasteiger partial charge on any atom is 0.400 e. The first-order valence-electron chi connectivity index (χ1n) is 10.1. The van der Waals surface area contributed by atoms with Crippen LogP contribution in [0, 0.1) is 12.8 Å². The molecule has 2 aliphatic heterocycles. The second-order valence-corrected chi connectivity index (χ2v) is 10.2. The molecule has 1 fully saturated rings. The Bertz CT molecular complexity index is 1140. The molecule has 4 nitrogen and oxygen atoms in total. The highest BCUT2D eigenvalue weighted by Crippen LogP contribution is 2.48. The van der Waals surface area contributed by atoms with Crippen molar-refractivity contribution in [1.82, 2.24) is 5.32 Å². The Hall–Kier alpha value is -2.03. The third-order valence-corrected chi connectivity index (χ3v) is 7.73. The average molecular weight is 515 g/mol. The molecule has 2 amide bonds. The number of amides is 2. The Labute approximate surface area is 202 Å². The number of rotatable bonds is 4. The number of carbonyl (C=O) groups excluding carboxylic acids is 2. The summed E-state index contributed by atoms with van der Waals surface area (Å²) in [5, 5.41) is 2.64. The fourth-order valence-electron chi connectivity index (χ4n) is 3.96. The zero-order valence-corrected chi connectivity index (χ0v) is 19.8. The summed E-state index contributed by atoms with van der Waals surface area (Å²) in [6.07, 6.45) is -4.96. The number of hydrogen-bond acceptors (Lipinski definition) is 4. The van der Waals surface area contributed by atoms with Gasteiger partial charge in [0.1, 0.15) is 5.41 Å². The number of nitrogens with zero attached hydrogens (tertiary/aromatic N) is 1. The Morgan fingerprint density at radius 3 is 2.33 bits per heavy atom. The summed E-state index contributed by atoms with van der Waals surface area (Å²) < 4.78 is 42.8. The molecule has 2 aliphatic rings. The van der Waals surface area contributed by atoms with Crippen LogP contribution in [-0.4, -0.2) is 41.8 Å². The SMILES string of the molecule is Cc1cc(C2=NCC(c3cc(Cl)cc(Cl)c3)(C(F)(F)F)C2)ccc1C(=O)NC(=O)C1CSC1. The van der Waals surface area contributed by atoms with E-state index in [-0.39, 0.29) is 39.6 Å². The summed E-state index contributed by atoms with van der Waals surface area (Å²) in [6.45, 7) is 1.18. The van der Waals surface area contributed by atoms with Gasteiger partial charge in [0.15, 0.2) is 0 Å². The molecule has 0 bridgehead atoms. The number of hydrogen-bond donors (Lipinski definition) is 1. The van der Waals surface area contributed by atoms with Gasteiger partial charge in [0, 0.05) is 39.2 Å². The number of thioether (sulfide) groups is 1. The maximum atomic E-state index is 14.3. The van der Waals surface area contributed by atoms with Crippen molar-refractivity contribution in [3.05, 3.63) is 68.7 Å². The first-order valence-corrected chi connectivity index (χ1v) is 12.0. The second kappa shape index (κ2) is 8.96. The lowest BCUT2D eigenvalue weighted by atomic mass is 9.76. The van der Waals surface area contributed by atoms with Crippen molar-refractivity contribution in [2.24, 2.45) is 10.9 Å². The molecule has 174 valence electrons. The molecule has 33 heavy (non-hydrogen) atoms. The number of aliphatic imine (C=N–C) groups is 1. The van der Waals surface area contributed by atoms with Gasteiger partial charge < -0.3 is 0 Å². The average Bonchev–Trinajstić information content (AvgIpc) is 3.12. The van der Waals surface area contributed by atoms with E-state index in [2.05, 4.69) is 10.3 Å². The fourth-order valence-corrected chi connectivity index (χ4v) is 5.26.